The van der Waals surface area contributed by atoms with Crippen LogP contribution in [0, 0.1) is 0 Å². The Kier molecular flexibility index (Phi) is 4.61. The van der Waals surface area contributed by atoms with Gasteiger partial charge >= 0.3 is 6.18 Å². The number of hydrazine groups is 1. The van der Waals surface area contributed by atoms with Crippen LogP contribution in [-0.4, -0.2) is 23.0 Å². The first-order chi connectivity index (χ1) is 12.4. The zero-order valence-corrected chi connectivity index (χ0v) is 13.5. The number of hydrogen-bond acceptors (Lipinski definition) is 5. The lowest BCUT2D eigenvalue weighted by Gasteiger charge is -2.14. The number of nitrogens with zero attached hydrogens (tertiary/aromatic N) is 2. The van der Waals surface area contributed by atoms with Crippen molar-refractivity contribution < 1.29 is 22.7 Å². The quantitative estimate of drug-likeness (QED) is 0.696. The van der Waals surface area contributed by atoms with E-state index in [0.29, 0.717) is 5.75 Å². The second-order valence-corrected chi connectivity index (χ2v) is 5.21. The number of aromatic nitrogens is 2. The number of carbonyl (C=O) groups excluding carboxylic acids is 1. The molecule has 9 heteroatoms. The Morgan fingerprint density at radius 3 is 2.19 bits per heavy atom. The standard InChI is InChI=1S/C17H13F3N4O2/c1-26-11-8-6-10(7-9-11)16(25)24-23-15-14(17(18,19)20)21-12-4-2-3-5-13(12)22-15/h2-9H,1H3,(H,22,23)(H,24,25). The molecule has 6 nitrogen and oxygen atoms in total. The van der Waals surface area contributed by atoms with Gasteiger partial charge in [-0.3, -0.25) is 15.6 Å². The molecule has 0 unspecified atom stereocenters. The highest BCUT2D eigenvalue weighted by atomic mass is 19.4. The largest absolute Gasteiger partial charge is 0.497 e. The molecule has 0 bridgehead atoms. The van der Waals surface area contributed by atoms with E-state index >= 15 is 0 Å². The van der Waals surface area contributed by atoms with Gasteiger partial charge in [0.1, 0.15) is 5.75 Å². The van der Waals surface area contributed by atoms with E-state index in [4.69, 9.17) is 4.74 Å². The highest BCUT2D eigenvalue weighted by molar-refractivity contribution is 5.95. The van der Waals surface area contributed by atoms with E-state index in [-0.39, 0.29) is 16.6 Å². The van der Waals surface area contributed by atoms with Crippen molar-refractivity contribution in [3.05, 3.63) is 59.8 Å². The SMILES string of the molecule is COc1ccc(C(=O)NNc2nc3ccccc3nc2C(F)(F)F)cc1. The molecule has 0 saturated heterocycles. The summed E-state index contributed by atoms with van der Waals surface area (Å²) in [5.41, 5.74) is 3.80. The van der Waals surface area contributed by atoms with Crippen molar-refractivity contribution >= 4 is 22.8 Å². The normalized spacial score (nSPS) is 11.2. The molecule has 0 aliphatic rings. The van der Waals surface area contributed by atoms with E-state index in [0.717, 1.165) is 0 Å². The number of rotatable bonds is 4. The van der Waals surface area contributed by atoms with Gasteiger partial charge in [-0.05, 0) is 36.4 Å². The Morgan fingerprint density at radius 1 is 1.00 bits per heavy atom. The van der Waals surface area contributed by atoms with Crippen LogP contribution in [0.1, 0.15) is 16.1 Å². The summed E-state index contributed by atoms with van der Waals surface area (Å²) in [5.74, 6) is -0.664. The van der Waals surface area contributed by atoms with Gasteiger partial charge in [-0.15, -0.1) is 0 Å². The average molecular weight is 362 g/mol. The molecule has 0 aliphatic heterocycles. The fourth-order valence-electron chi connectivity index (χ4n) is 2.22. The number of carbonyl (C=O) groups is 1. The van der Waals surface area contributed by atoms with E-state index in [2.05, 4.69) is 20.8 Å². The number of ether oxygens (including phenoxy) is 1. The molecular formula is C17H13F3N4O2. The van der Waals surface area contributed by atoms with Crippen molar-refractivity contribution in [3.8, 4) is 5.75 Å². The predicted molar refractivity (Wildman–Crippen MR) is 88.6 cm³/mol. The van der Waals surface area contributed by atoms with Crippen LogP contribution < -0.4 is 15.6 Å². The van der Waals surface area contributed by atoms with Crippen molar-refractivity contribution in [2.75, 3.05) is 12.5 Å². The minimum Gasteiger partial charge on any atom is -0.497 e. The van der Waals surface area contributed by atoms with Gasteiger partial charge in [0.05, 0.1) is 18.1 Å². The number of anilines is 1. The van der Waals surface area contributed by atoms with E-state index in [1.54, 1.807) is 24.3 Å². The van der Waals surface area contributed by atoms with Crippen LogP contribution in [0.15, 0.2) is 48.5 Å². The maximum absolute atomic E-state index is 13.2. The Morgan fingerprint density at radius 2 is 1.62 bits per heavy atom. The molecule has 0 saturated carbocycles. The fraction of sp³-hybridized carbons (Fsp3) is 0.118. The Labute approximate surface area is 146 Å². The Balaban J connectivity index is 1.86. The molecular weight excluding hydrogens is 349 g/mol. The Hall–Kier alpha value is -3.36. The zero-order chi connectivity index (χ0) is 18.7. The summed E-state index contributed by atoms with van der Waals surface area (Å²) in [7, 11) is 1.48. The van der Waals surface area contributed by atoms with Crippen molar-refractivity contribution in [2.45, 2.75) is 6.18 Å². The number of methoxy groups -OCH3 is 1. The monoisotopic (exact) mass is 362 g/mol. The predicted octanol–water partition coefficient (Wildman–Crippen LogP) is 3.41. The summed E-state index contributed by atoms with van der Waals surface area (Å²) in [6.45, 7) is 0. The van der Waals surface area contributed by atoms with E-state index in [1.165, 1.54) is 31.4 Å². The summed E-state index contributed by atoms with van der Waals surface area (Å²) >= 11 is 0. The number of alkyl halides is 3. The molecule has 26 heavy (non-hydrogen) atoms. The summed E-state index contributed by atoms with van der Waals surface area (Å²) in [4.78, 5) is 19.6. The maximum atomic E-state index is 13.2. The van der Waals surface area contributed by atoms with E-state index < -0.39 is 23.6 Å². The molecule has 2 aromatic carbocycles. The molecule has 1 aromatic heterocycles. The van der Waals surface area contributed by atoms with Gasteiger partial charge in [0.25, 0.3) is 5.91 Å². The summed E-state index contributed by atoms with van der Waals surface area (Å²) in [6.07, 6.45) is -4.73. The number of fused-ring (bicyclic) bond motifs is 1. The summed E-state index contributed by atoms with van der Waals surface area (Å²) < 4.78 is 44.7. The fourth-order valence-corrected chi connectivity index (χ4v) is 2.22. The zero-order valence-electron chi connectivity index (χ0n) is 13.5. The van der Waals surface area contributed by atoms with Gasteiger partial charge in [-0.2, -0.15) is 13.2 Å². The third-order valence-electron chi connectivity index (χ3n) is 3.49. The van der Waals surface area contributed by atoms with Crippen LogP contribution in [0.25, 0.3) is 11.0 Å². The molecule has 3 rings (SSSR count). The van der Waals surface area contributed by atoms with Crippen LogP contribution in [0.3, 0.4) is 0 Å². The molecule has 2 N–H and O–H groups in total. The van der Waals surface area contributed by atoms with Gasteiger partial charge in [-0.25, -0.2) is 9.97 Å². The second-order valence-electron chi connectivity index (χ2n) is 5.21. The first-order valence-electron chi connectivity index (χ1n) is 7.43. The third kappa shape index (κ3) is 3.66. The molecule has 1 heterocycles. The lowest BCUT2D eigenvalue weighted by molar-refractivity contribution is -0.140. The van der Waals surface area contributed by atoms with Crippen molar-refractivity contribution in [3.63, 3.8) is 0 Å². The minimum absolute atomic E-state index is 0.104. The van der Waals surface area contributed by atoms with Crippen molar-refractivity contribution in [1.82, 2.24) is 15.4 Å². The molecule has 3 aromatic rings. The van der Waals surface area contributed by atoms with Crippen LogP contribution >= 0.6 is 0 Å². The molecule has 1 amide bonds. The van der Waals surface area contributed by atoms with Crippen LogP contribution in [-0.2, 0) is 6.18 Å². The van der Waals surface area contributed by atoms with Crippen molar-refractivity contribution in [1.29, 1.82) is 0 Å². The highest BCUT2D eigenvalue weighted by Gasteiger charge is 2.37. The van der Waals surface area contributed by atoms with E-state index in [1.807, 2.05) is 0 Å². The van der Waals surface area contributed by atoms with Gasteiger partial charge in [-0.1, -0.05) is 12.1 Å². The number of benzene rings is 2. The number of amides is 1. The minimum atomic E-state index is -4.73. The second kappa shape index (κ2) is 6.87. The van der Waals surface area contributed by atoms with Crippen LogP contribution in [0.2, 0.25) is 0 Å². The molecule has 0 aliphatic carbocycles. The van der Waals surface area contributed by atoms with Gasteiger partial charge in [0.15, 0.2) is 11.5 Å². The number of halogens is 3. The summed E-state index contributed by atoms with van der Waals surface area (Å²) in [5, 5.41) is 0. The van der Waals surface area contributed by atoms with Crippen molar-refractivity contribution in [2.24, 2.45) is 0 Å². The maximum Gasteiger partial charge on any atom is 0.437 e. The molecule has 0 radical (unpaired) electrons. The number of hydrogen-bond donors (Lipinski definition) is 2. The highest BCUT2D eigenvalue weighted by Crippen LogP contribution is 2.33. The first-order valence-corrected chi connectivity index (χ1v) is 7.43. The number of nitrogens with one attached hydrogen (secondary N) is 2. The smallest absolute Gasteiger partial charge is 0.437 e. The topological polar surface area (TPSA) is 76.1 Å². The van der Waals surface area contributed by atoms with Gasteiger partial charge < -0.3 is 4.74 Å². The van der Waals surface area contributed by atoms with Gasteiger partial charge in [0, 0.05) is 5.56 Å². The first kappa shape index (κ1) is 17.5. The average Bonchev–Trinajstić information content (AvgIpc) is 2.64. The Bertz CT molecular complexity index is 943. The summed E-state index contributed by atoms with van der Waals surface area (Å²) in [6, 6.07) is 12.2. The van der Waals surface area contributed by atoms with E-state index in [9.17, 15) is 18.0 Å². The van der Waals surface area contributed by atoms with Crippen LogP contribution in [0.4, 0.5) is 19.0 Å². The molecule has 134 valence electrons. The van der Waals surface area contributed by atoms with Crippen LogP contribution in [0.5, 0.6) is 5.75 Å². The lowest BCUT2D eigenvalue weighted by Crippen LogP contribution is -2.31. The molecule has 0 spiro atoms. The molecule has 0 atom stereocenters. The lowest BCUT2D eigenvalue weighted by atomic mass is 10.2. The molecule has 0 fully saturated rings. The van der Waals surface area contributed by atoms with Gasteiger partial charge in [0.2, 0.25) is 0 Å². The third-order valence-corrected chi connectivity index (χ3v) is 3.49. The number of para-hydroxylation sites is 2.